The van der Waals surface area contributed by atoms with Crippen molar-refractivity contribution in [1.82, 2.24) is 20.3 Å². The fourth-order valence-corrected chi connectivity index (χ4v) is 5.06. The van der Waals surface area contributed by atoms with Crippen molar-refractivity contribution in [3.63, 3.8) is 0 Å². The number of hydrogen-bond donors (Lipinski definition) is 5. The molecule has 13 nitrogen and oxygen atoms in total. The Balaban J connectivity index is 1.16. The van der Waals surface area contributed by atoms with Gasteiger partial charge in [-0.25, -0.2) is 0 Å². The molecule has 1 amide bonds. The summed E-state index contributed by atoms with van der Waals surface area (Å²) in [6.45, 7) is 3.52. The lowest BCUT2D eigenvalue weighted by Gasteiger charge is -2.23. The third-order valence-electron chi connectivity index (χ3n) is 7.27. The zero-order valence-electron chi connectivity index (χ0n) is 25.0. The molecule has 2 aliphatic rings. The van der Waals surface area contributed by atoms with E-state index < -0.39 is 0 Å². The predicted molar refractivity (Wildman–Crippen MR) is 167 cm³/mol. The van der Waals surface area contributed by atoms with E-state index in [0.717, 1.165) is 41.2 Å². The van der Waals surface area contributed by atoms with Gasteiger partial charge in [0.05, 0.1) is 32.8 Å². The number of hydrogen-bond acceptors (Lipinski definition) is 12. The molecule has 44 heavy (non-hydrogen) atoms. The highest BCUT2D eigenvalue weighted by molar-refractivity contribution is 5.78. The molecule has 0 spiro atoms. The van der Waals surface area contributed by atoms with Crippen LogP contribution < -0.4 is 36.5 Å². The third kappa shape index (κ3) is 9.66. The molecule has 2 heterocycles. The number of fused-ring (bicyclic) bond motifs is 1. The first kappa shape index (κ1) is 31.2. The van der Waals surface area contributed by atoms with Crippen LogP contribution in [0.5, 0.6) is 11.5 Å². The van der Waals surface area contributed by atoms with Crippen LogP contribution in [0.2, 0.25) is 0 Å². The van der Waals surface area contributed by atoms with Crippen molar-refractivity contribution >= 4 is 29.4 Å². The van der Waals surface area contributed by atoms with Gasteiger partial charge in [0, 0.05) is 36.9 Å². The molecular weight excluding hydrogens is 564 g/mol. The Bertz CT molecular complexity index is 1340. The lowest BCUT2D eigenvalue weighted by atomic mass is 9.96. The fourth-order valence-electron chi connectivity index (χ4n) is 5.06. The highest BCUT2D eigenvalue weighted by Gasteiger charge is 2.19. The number of nitrogens with zero attached hydrogens (tertiary/aromatic N) is 3. The van der Waals surface area contributed by atoms with E-state index in [9.17, 15) is 4.79 Å². The third-order valence-corrected chi connectivity index (χ3v) is 7.27. The average Bonchev–Trinajstić information content (AvgIpc) is 3.53. The van der Waals surface area contributed by atoms with Gasteiger partial charge < -0.3 is 45.9 Å². The van der Waals surface area contributed by atoms with Gasteiger partial charge in [-0.1, -0.05) is 43.5 Å². The van der Waals surface area contributed by atoms with Crippen LogP contribution in [0, 0.1) is 0 Å². The lowest BCUT2D eigenvalue weighted by Crippen LogP contribution is -2.29. The molecule has 13 heteroatoms. The molecule has 5 rings (SSSR count). The molecule has 6 N–H and O–H groups in total. The Kier molecular flexibility index (Phi) is 11.8. The maximum atomic E-state index is 12.4. The summed E-state index contributed by atoms with van der Waals surface area (Å²) in [5.74, 6) is 2.78. The number of nitrogens with one attached hydrogen (secondary N) is 4. The van der Waals surface area contributed by atoms with E-state index in [4.69, 9.17) is 24.7 Å². The second-order valence-electron chi connectivity index (χ2n) is 10.7. The van der Waals surface area contributed by atoms with Gasteiger partial charge in [0.25, 0.3) is 0 Å². The summed E-state index contributed by atoms with van der Waals surface area (Å²) in [6.07, 6.45) is 6.12. The number of benzene rings is 2. The van der Waals surface area contributed by atoms with Gasteiger partial charge in [0.15, 0.2) is 11.5 Å². The van der Waals surface area contributed by atoms with Gasteiger partial charge in [-0.15, -0.1) is 0 Å². The summed E-state index contributed by atoms with van der Waals surface area (Å²) in [6, 6.07) is 13.8. The molecule has 0 bridgehead atoms. The lowest BCUT2D eigenvalue weighted by molar-refractivity contribution is -0.120. The number of ether oxygens (including phenoxy) is 4. The number of amides is 1. The van der Waals surface area contributed by atoms with Crippen molar-refractivity contribution in [2.75, 3.05) is 62.3 Å². The van der Waals surface area contributed by atoms with Gasteiger partial charge in [-0.2, -0.15) is 15.0 Å². The minimum absolute atomic E-state index is 0.0682. The van der Waals surface area contributed by atoms with Crippen LogP contribution in [0.4, 0.5) is 23.5 Å². The van der Waals surface area contributed by atoms with Crippen molar-refractivity contribution in [2.45, 2.75) is 51.1 Å². The van der Waals surface area contributed by atoms with E-state index in [2.05, 4.69) is 36.2 Å². The van der Waals surface area contributed by atoms with Gasteiger partial charge in [0.1, 0.15) is 0 Å². The molecule has 1 aromatic heterocycles. The maximum Gasteiger partial charge on any atom is 0.233 e. The molecule has 0 radical (unpaired) electrons. The minimum atomic E-state index is -0.0682. The number of carbonyl (C=O) groups excluding carboxylic acids is 1. The first-order valence-corrected chi connectivity index (χ1v) is 15.3. The van der Waals surface area contributed by atoms with E-state index in [1.165, 1.54) is 19.3 Å². The van der Waals surface area contributed by atoms with Crippen molar-refractivity contribution < 1.29 is 23.7 Å². The zero-order chi connectivity index (χ0) is 30.4. The molecule has 1 fully saturated rings. The zero-order valence-corrected chi connectivity index (χ0v) is 25.0. The second kappa shape index (κ2) is 16.6. The van der Waals surface area contributed by atoms with Crippen molar-refractivity contribution in [3.8, 4) is 11.5 Å². The van der Waals surface area contributed by atoms with Crippen LogP contribution in [-0.4, -0.2) is 73.2 Å². The molecule has 1 saturated carbocycles. The predicted octanol–water partition coefficient (Wildman–Crippen LogP) is 3.35. The first-order chi connectivity index (χ1) is 21.7. The van der Waals surface area contributed by atoms with Crippen LogP contribution in [-0.2, 0) is 27.2 Å². The van der Waals surface area contributed by atoms with E-state index in [-0.39, 0.29) is 19.1 Å². The first-order valence-electron chi connectivity index (χ1n) is 15.3. The number of anilines is 4. The van der Waals surface area contributed by atoms with Crippen molar-refractivity contribution in [3.05, 3.63) is 53.6 Å². The van der Waals surface area contributed by atoms with E-state index >= 15 is 0 Å². The molecule has 0 atom stereocenters. The van der Waals surface area contributed by atoms with E-state index in [1.54, 1.807) is 0 Å². The second-order valence-corrected chi connectivity index (χ2v) is 10.7. The molecule has 3 aromatic rings. The molecule has 0 saturated heterocycles. The van der Waals surface area contributed by atoms with Gasteiger partial charge in [0.2, 0.25) is 30.5 Å². The normalized spacial score (nSPS) is 14.3. The Hall–Kier alpha value is -4.20. The Morgan fingerprint density at radius 1 is 0.886 bits per heavy atom. The van der Waals surface area contributed by atoms with Crippen LogP contribution in [0.15, 0.2) is 42.5 Å². The standard InChI is InChI=1S/C31H42N8O5/c32-13-15-41-17-18-42-16-14-33-27(40)19-22-9-11-25(12-10-22)36-31-38-29(37-30(39-31)35-24-6-2-1-3-7-24)34-20-23-5-4-8-26-28(23)44-21-43-26/h4-5,8-12,24H,1-3,6-7,13-21,32H2,(H,33,40)(H3,34,35,36,37,38,39). The quantitative estimate of drug-likeness (QED) is 0.142. The number of carbonyl (C=O) groups is 1. The summed E-state index contributed by atoms with van der Waals surface area (Å²) in [4.78, 5) is 26.3. The van der Waals surface area contributed by atoms with Crippen LogP contribution in [0.1, 0.15) is 43.2 Å². The van der Waals surface area contributed by atoms with Crippen LogP contribution in [0.25, 0.3) is 0 Å². The molecule has 0 unspecified atom stereocenters. The molecule has 1 aliphatic heterocycles. The number of para-hydroxylation sites is 1. The smallest absolute Gasteiger partial charge is 0.233 e. The molecule has 2 aromatic carbocycles. The number of aromatic nitrogens is 3. The van der Waals surface area contributed by atoms with Gasteiger partial charge >= 0.3 is 0 Å². The van der Waals surface area contributed by atoms with Crippen molar-refractivity contribution in [1.29, 1.82) is 0 Å². The molecule has 236 valence electrons. The average molecular weight is 607 g/mol. The monoisotopic (exact) mass is 606 g/mol. The highest BCUT2D eigenvalue weighted by atomic mass is 16.7. The largest absolute Gasteiger partial charge is 0.454 e. The topological polar surface area (TPSA) is 167 Å². The Labute approximate surface area is 257 Å². The SMILES string of the molecule is NCCOCCOCCNC(=O)Cc1ccc(Nc2nc(NCc3cccc4c3OCO4)nc(NC3CCCCC3)n2)cc1. The molecular formula is C31H42N8O5. The highest BCUT2D eigenvalue weighted by Crippen LogP contribution is 2.35. The summed E-state index contributed by atoms with van der Waals surface area (Å²) >= 11 is 0. The van der Waals surface area contributed by atoms with Crippen LogP contribution in [0.3, 0.4) is 0 Å². The van der Waals surface area contributed by atoms with Crippen molar-refractivity contribution in [2.24, 2.45) is 5.73 Å². The number of nitrogens with two attached hydrogens (primary N) is 1. The summed E-state index contributed by atoms with van der Waals surface area (Å²) in [5, 5.41) is 13.0. The van der Waals surface area contributed by atoms with E-state index in [1.807, 2.05) is 42.5 Å². The molecule has 1 aliphatic carbocycles. The summed E-state index contributed by atoms with van der Waals surface area (Å²) in [5.41, 5.74) is 8.02. The Morgan fingerprint density at radius 3 is 2.48 bits per heavy atom. The van der Waals surface area contributed by atoms with Gasteiger partial charge in [-0.3, -0.25) is 4.79 Å². The minimum Gasteiger partial charge on any atom is -0.454 e. The fraction of sp³-hybridized carbons (Fsp3) is 0.484. The van der Waals surface area contributed by atoms with Gasteiger partial charge in [-0.05, 0) is 36.6 Å². The Morgan fingerprint density at radius 2 is 1.66 bits per heavy atom. The maximum absolute atomic E-state index is 12.4. The van der Waals surface area contributed by atoms with E-state index in [0.29, 0.717) is 69.9 Å². The van der Waals surface area contributed by atoms with Crippen LogP contribution >= 0.6 is 0 Å². The number of rotatable bonds is 17. The summed E-state index contributed by atoms with van der Waals surface area (Å²) in [7, 11) is 0. The summed E-state index contributed by atoms with van der Waals surface area (Å²) < 4.78 is 21.8.